The van der Waals surface area contributed by atoms with Gasteiger partial charge in [-0.3, -0.25) is 15.1 Å². The van der Waals surface area contributed by atoms with Gasteiger partial charge in [-0.2, -0.15) is 0 Å². The van der Waals surface area contributed by atoms with E-state index in [2.05, 4.69) is 15.2 Å². The Labute approximate surface area is 164 Å². The second kappa shape index (κ2) is 8.81. The van der Waals surface area contributed by atoms with Crippen molar-refractivity contribution >= 4 is 23.2 Å². The summed E-state index contributed by atoms with van der Waals surface area (Å²) in [6, 6.07) is 9.29. The summed E-state index contributed by atoms with van der Waals surface area (Å²) < 4.78 is 10.6. The Morgan fingerprint density at radius 2 is 1.93 bits per heavy atom. The number of pyridine rings is 1. The number of amides is 1. The van der Waals surface area contributed by atoms with Gasteiger partial charge < -0.3 is 14.4 Å². The maximum Gasteiger partial charge on any atom is 0.264 e. The van der Waals surface area contributed by atoms with E-state index in [1.165, 1.54) is 14.2 Å². The van der Waals surface area contributed by atoms with Crippen LogP contribution in [0.4, 0.5) is 0 Å². The van der Waals surface area contributed by atoms with Crippen molar-refractivity contribution in [3.63, 3.8) is 0 Å². The van der Waals surface area contributed by atoms with Crippen LogP contribution in [0.3, 0.4) is 0 Å². The molecule has 2 heterocycles. The summed E-state index contributed by atoms with van der Waals surface area (Å²) in [5, 5.41) is 3.26. The number of carbonyl (C=O) groups is 1. The molecule has 0 unspecified atom stereocenters. The molecule has 142 valence electrons. The van der Waals surface area contributed by atoms with Crippen molar-refractivity contribution in [2.45, 2.75) is 25.3 Å². The van der Waals surface area contributed by atoms with Crippen LogP contribution in [0.5, 0.6) is 11.5 Å². The number of hydrogen-bond donors (Lipinski definition) is 1. The molecule has 0 radical (unpaired) electrons. The van der Waals surface area contributed by atoms with Gasteiger partial charge in [0.05, 0.1) is 20.3 Å². The molecule has 27 heavy (non-hydrogen) atoms. The molecular weight excluding hydrogens is 362 g/mol. The number of likely N-dealkylation sites (tertiary alicyclic amines) is 1. The summed E-state index contributed by atoms with van der Waals surface area (Å²) in [4.78, 5) is 19.2. The summed E-state index contributed by atoms with van der Waals surface area (Å²) in [7, 11) is 3.04. The normalized spacial score (nSPS) is 16.5. The van der Waals surface area contributed by atoms with Crippen LogP contribution >= 0.6 is 12.2 Å². The molecule has 1 atom stereocenters. The fourth-order valence-corrected chi connectivity index (χ4v) is 3.71. The van der Waals surface area contributed by atoms with Gasteiger partial charge in [0, 0.05) is 18.9 Å². The highest BCUT2D eigenvalue weighted by Crippen LogP contribution is 2.31. The molecule has 0 bridgehead atoms. The number of methoxy groups -OCH3 is 2. The van der Waals surface area contributed by atoms with E-state index < -0.39 is 0 Å². The third kappa shape index (κ3) is 4.19. The van der Waals surface area contributed by atoms with Crippen molar-refractivity contribution < 1.29 is 14.3 Å². The fraction of sp³-hybridized carbons (Fsp3) is 0.350. The first-order valence-corrected chi connectivity index (χ1v) is 9.29. The number of ether oxygens (including phenoxy) is 2. The van der Waals surface area contributed by atoms with Crippen LogP contribution in [0.25, 0.3) is 0 Å². The molecule has 0 saturated carbocycles. The van der Waals surface area contributed by atoms with Crippen molar-refractivity contribution in [3.8, 4) is 11.5 Å². The fourth-order valence-electron chi connectivity index (χ4n) is 3.40. The van der Waals surface area contributed by atoms with E-state index in [9.17, 15) is 4.79 Å². The van der Waals surface area contributed by atoms with Crippen LogP contribution in [0.15, 0.2) is 42.7 Å². The van der Waals surface area contributed by atoms with Crippen LogP contribution in [-0.4, -0.2) is 41.7 Å². The number of piperidine rings is 1. The van der Waals surface area contributed by atoms with Crippen molar-refractivity contribution in [2.75, 3.05) is 20.8 Å². The third-order valence-electron chi connectivity index (χ3n) is 4.71. The van der Waals surface area contributed by atoms with E-state index in [4.69, 9.17) is 21.7 Å². The largest absolute Gasteiger partial charge is 0.496 e. The zero-order chi connectivity index (χ0) is 19.2. The zero-order valence-corrected chi connectivity index (χ0v) is 16.3. The SMILES string of the molecule is COc1cccc(OC)c1C(=O)NC(=S)N1CCCC[C@H]1c1cccnc1. The Bertz CT molecular complexity index is 791. The van der Waals surface area contributed by atoms with Crippen LogP contribution in [0.2, 0.25) is 0 Å². The van der Waals surface area contributed by atoms with Crippen LogP contribution in [-0.2, 0) is 0 Å². The number of thiocarbonyl (C=S) groups is 1. The predicted octanol–water partition coefficient (Wildman–Crippen LogP) is 3.34. The van der Waals surface area contributed by atoms with Gasteiger partial charge in [-0.1, -0.05) is 12.1 Å². The van der Waals surface area contributed by atoms with Gasteiger partial charge in [0.2, 0.25) is 0 Å². The maximum absolute atomic E-state index is 12.9. The molecule has 6 nitrogen and oxygen atoms in total. The molecule has 1 amide bonds. The van der Waals surface area contributed by atoms with E-state index in [1.54, 1.807) is 24.4 Å². The summed E-state index contributed by atoms with van der Waals surface area (Å²) in [6.07, 6.45) is 6.73. The van der Waals surface area contributed by atoms with E-state index in [-0.39, 0.29) is 11.9 Å². The Balaban J connectivity index is 1.81. The molecule has 1 N–H and O–H groups in total. The van der Waals surface area contributed by atoms with Crippen LogP contribution in [0.1, 0.15) is 41.2 Å². The lowest BCUT2D eigenvalue weighted by Crippen LogP contribution is -2.46. The minimum atomic E-state index is -0.343. The molecule has 1 saturated heterocycles. The molecule has 1 fully saturated rings. The summed E-state index contributed by atoms with van der Waals surface area (Å²) in [5.41, 5.74) is 1.43. The monoisotopic (exact) mass is 385 g/mol. The van der Waals surface area contributed by atoms with E-state index in [1.807, 2.05) is 18.3 Å². The molecular formula is C20H23N3O3S. The predicted molar refractivity (Wildman–Crippen MR) is 107 cm³/mol. The minimum absolute atomic E-state index is 0.111. The highest BCUT2D eigenvalue weighted by molar-refractivity contribution is 7.80. The number of nitrogens with zero attached hydrogens (tertiary/aromatic N) is 2. The van der Waals surface area contributed by atoms with Gasteiger partial charge in [0.1, 0.15) is 17.1 Å². The number of aromatic nitrogens is 1. The lowest BCUT2D eigenvalue weighted by molar-refractivity contribution is 0.0963. The van der Waals surface area contributed by atoms with E-state index in [0.29, 0.717) is 22.2 Å². The number of nitrogens with one attached hydrogen (secondary N) is 1. The topological polar surface area (TPSA) is 63.7 Å². The van der Waals surface area contributed by atoms with Crippen molar-refractivity contribution in [3.05, 3.63) is 53.9 Å². The highest BCUT2D eigenvalue weighted by Gasteiger charge is 2.28. The summed E-state index contributed by atoms with van der Waals surface area (Å²) in [6.45, 7) is 0.793. The van der Waals surface area contributed by atoms with Gasteiger partial charge in [-0.05, 0) is 55.2 Å². The Hall–Kier alpha value is -2.67. The second-order valence-corrected chi connectivity index (χ2v) is 6.67. The number of hydrogen-bond acceptors (Lipinski definition) is 5. The summed E-state index contributed by atoms with van der Waals surface area (Å²) in [5.74, 6) is 0.541. The maximum atomic E-state index is 12.9. The minimum Gasteiger partial charge on any atom is -0.496 e. The van der Waals surface area contributed by atoms with Gasteiger partial charge in [-0.25, -0.2) is 0 Å². The first-order chi connectivity index (χ1) is 13.2. The quantitative estimate of drug-likeness (QED) is 0.815. The summed E-state index contributed by atoms with van der Waals surface area (Å²) >= 11 is 5.58. The first kappa shape index (κ1) is 19.1. The molecule has 1 aliphatic rings. The van der Waals surface area contributed by atoms with Gasteiger partial charge in [-0.15, -0.1) is 0 Å². The number of carbonyl (C=O) groups excluding carboxylic acids is 1. The van der Waals surface area contributed by atoms with Crippen molar-refractivity contribution in [1.82, 2.24) is 15.2 Å². The zero-order valence-electron chi connectivity index (χ0n) is 15.5. The standard InChI is InChI=1S/C20H23N3O3S/c1-25-16-9-5-10-17(26-2)18(16)19(24)22-20(27)23-12-4-3-8-15(23)14-7-6-11-21-13-14/h5-7,9-11,13,15H,3-4,8,12H2,1-2H3,(H,22,24,27)/t15-/m0/s1. The van der Waals surface area contributed by atoms with Gasteiger partial charge in [0.15, 0.2) is 5.11 Å². The van der Waals surface area contributed by atoms with Crippen LogP contribution in [0, 0.1) is 0 Å². The van der Waals surface area contributed by atoms with E-state index >= 15 is 0 Å². The average Bonchev–Trinajstić information content (AvgIpc) is 2.73. The number of rotatable bonds is 4. The lowest BCUT2D eigenvalue weighted by Gasteiger charge is -2.37. The average molecular weight is 385 g/mol. The Morgan fingerprint density at radius 3 is 2.56 bits per heavy atom. The smallest absolute Gasteiger partial charge is 0.264 e. The number of benzene rings is 1. The Morgan fingerprint density at radius 1 is 1.19 bits per heavy atom. The molecule has 0 spiro atoms. The van der Waals surface area contributed by atoms with Crippen LogP contribution < -0.4 is 14.8 Å². The molecule has 3 rings (SSSR count). The Kier molecular flexibility index (Phi) is 6.24. The van der Waals surface area contributed by atoms with Gasteiger partial charge in [0.25, 0.3) is 5.91 Å². The highest BCUT2D eigenvalue weighted by atomic mass is 32.1. The first-order valence-electron chi connectivity index (χ1n) is 8.88. The van der Waals surface area contributed by atoms with E-state index in [0.717, 1.165) is 31.4 Å². The van der Waals surface area contributed by atoms with Gasteiger partial charge >= 0.3 is 0 Å². The van der Waals surface area contributed by atoms with Crippen molar-refractivity contribution in [1.29, 1.82) is 0 Å². The molecule has 7 heteroatoms. The second-order valence-electron chi connectivity index (χ2n) is 6.29. The molecule has 1 aliphatic heterocycles. The molecule has 2 aromatic rings. The molecule has 1 aromatic carbocycles. The molecule has 0 aliphatic carbocycles. The third-order valence-corrected chi connectivity index (χ3v) is 5.04. The molecule has 1 aromatic heterocycles. The van der Waals surface area contributed by atoms with Crippen molar-refractivity contribution in [2.24, 2.45) is 0 Å². The lowest BCUT2D eigenvalue weighted by atomic mass is 9.97.